The minimum atomic E-state index is -0.797. The van der Waals surface area contributed by atoms with Gasteiger partial charge in [0.1, 0.15) is 18.2 Å². The molecule has 0 spiro atoms. The maximum absolute atomic E-state index is 13.8. The first-order valence-corrected chi connectivity index (χ1v) is 8.16. The van der Waals surface area contributed by atoms with Crippen LogP contribution >= 0.6 is 0 Å². The van der Waals surface area contributed by atoms with Gasteiger partial charge < -0.3 is 9.80 Å². The number of amides is 1. The molecule has 1 fully saturated rings. The second-order valence-electron chi connectivity index (χ2n) is 6.33. The summed E-state index contributed by atoms with van der Waals surface area (Å²) >= 11 is 0. The third-order valence-electron chi connectivity index (χ3n) is 4.46. The zero-order valence-electron chi connectivity index (χ0n) is 13.7. The topological polar surface area (TPSA) is 24.8 Å². The monoisotopic (exact) mass is 331 g/mol. The van der Waals surface area contributed by atoms with Gasteiger partial charge in [-0.2, -0.15) is 0 Å². The molecule has 0 atom stereocenters. The van der Waals surface area contributed by atoms with Crippen molar-refractivity contribution in [2.75, 3.05) is 26.2 Å². The summed E-state index contributed by atoms with van der Waals surface area (Å²) in [4.78, 5) is 15.5. The van der Waals surface area contributed by atoms with E-state index in [4.69, 9.17) is 0 Å². The van der Waals surface area contributed by atoms with Crippen molar-refractivity contribution in [3.63, 3.8) is 0 Å². The standard InChI is InChI=1S/C19H20F2N2O/c1-14-3-2-4-15(11-14)13-22-7-9-23(10-8-22)19(24)17-6-5-16(20)12-18(17)21/h2-6,11-12H,7-10,13H2,1H3/p+1. The maximum Gasteiger partial charge on any atom is 0.257 e. The normalized spacial score (nSPS) is 15.5. The van der Waals surface area contributed by atoms with E-state index in [9.17, 15) is 13.6 Å². The van der Waals surface area contributed by atoms with Crippen LogP contribution in [0.2, 0.25) is 0 Å². The molecule has 2 aromatic carbocycles. The zero-order valence-corrected chi connectivity index (χ0v) is 13.7. The molecular weight excluding hydrogens is 310 g/mol. The molecule has 2 aromatic rings. The Balaban J connectivity index is 1.59. The van der Waals surface area contributed by atoms with Crippen molar-refractivity contribution in [1.29, 1.82) is 0 Å². The first-order valence-electron chi connectivity index (χ1n) is 8.16. The number of hydrogen-bond donors (Lipinski definition) is 1. The molecule has 0 radical (unpaired) electrons. The van der Waals surface area contributed by atoms with E-state index in [1.54, 1.807) is 4.90 Å². The summed E-state index contributed by atoms with van der Waals surface area (Å²) < 4.78 is 26.7. The highest BCUT2D eigenvalue weighted by Gasteiger charge is 2.26. The van der Waals surface area contributed by atoms with Crippen LogP contribution in [-0.2, 0) is 6.54 Å². The van der Waals surface area contributed by atoms with Gasteiger partial charge in [-0.1, -0.05) is 29.8 Å². The number of benzene rings is 2. The summed E-state index contributed by atoms with van der Waals surface area (Å²) in [7, 11) is 0. The van der Waals surface area contributed by atoms with Crippen LogP contribution in [0.1, 0.15) is 21.5 Å². The van der Waals surface area contributed by atoms with Gasteiger partial charge in [0, 0.05) is 11.6 Å². The molecule has 3 rings (SSSR count). The molecule has 0 saturated carbocycles. The van der Waals surface area contributed by atoms with E-state index in [0.717, 1.165) is 31.8 Å². The van der Waals surface area contributed by atoms with Gasteiger partial charge in [0.15, 0.2) is 0 Å². The third kappa shape index (κ3) is 3.79. The fourth-order valence-corrected chi connectivity index (χ4v) is 3.15. The van der Waals surface area contributed by atoms with E-state index < -0.39 is 11.6 Å². The van der Waals surface area contributed by atoms with Gasteiger partial charge in [0.25, 0.3) is 5.91 Å². The predicted octanol–water partition coefficient (Wildman–Crippen LogP) is 1.81. The Labute approximate surface area is 140 Å². The first-order chi connectivity index (χ1) is 11.5. The Kier molecular flexibility index (Phi) is 4.90. The number of carbonyl (C=O) groups excluding carboxylic acids is 1. The van der Waals surface area contributed by atoms with Gasteiger partial charge in [-0.15, -0.1) is 0 Å². The summed E-state index contributed by atoms with van der Waals surface area (Å²) in [5, 5.41) is 0. The lowest BCUT2D eigenvalue weighted by Gasteiger charge is -2.32. The number of nitrogens with one attached hydrogen (secondary N) is 1. The summed E-state index contributed by atoms with van der Waals surface area (Å²) in [6.07, 6.45) is 0. The molecule has 126 valence electrons. The highest BCUT2D eigenvalue weighted by Crippen LogP contribution is 2.12. The van der Waals surface area contributed by atoms with Crippen molar-refractivity contribution < 1.29 is 18.5 Å². The van der Waals surface area contributed by atoms with Crippen LogP contribution in [0.3, 0.4) is 0 Å². The largest absolute Gasteiger partial charge is 0.328 e. The molecule has 0 aliphatic carbocycles. The molecule has 0 unspecified atom stereocenters. The quantitative estimate of drug-likeness (QED) is 0.912. The van der Waals surface area contributed by atoms with Crippen LogP contribution in [0, 0.1) is 18.6 Å². The van der Waals surface area contributed by atoms with Gasteiger partial charge in [0.2, 0.25) is 0 Å². The molecule has 0 bridgehead atoms. The fraction of sp³-hybridized carbons (Fsp3) is 0.316. The van der Waals surface area contributed by atoms with Gasteiger partial charge >= 0.3 is 0 Å². The molecule has 1 heterocycles. The minimum Gasteiger partial charge on any atom is -0.328 e. The van der Waals surface area contributed by atoms with Crippen molar-refractivity contribution in [3.05, 3.63) is 70.8 Å². The Bertz CT molecular complexity index is 740. The van der Waals surface area contributed by atoms with Crippen LogP contribution < -0.4 is 4.90 Å². The Hall–Kier alpha value is -2.27. The van der Waals surface area contributed by atoms with E-state index in [0.29, 0.717) is 13.1 Å². The Morgan fingerprint density at radius 1 is 1.12 bits per heavy atom. The second kappa shape index (κ2) is 7.09. The summed E-state index contributed by atoms with van der Waals surface area (Å²) in [6, 6.07) is 11.5. The summed E-state index contributed by atoms with van der Waals surface area (Å²) in [5.41, 5.74) is 2.47. The van der Waals surface area contributed by atoms with Gasteiger partial charge in [-0.05, 0) is 19.1 Å². The molecule has 24 heavy (non-hydrogen) atoms. The molecule has 1 amide bonds. The average molecular weight is 331 g/mol. The second-order valence-corrected chi connectivity index (χ2v) is 6.33. The van der Waals surface area contributed by atoms with Crippen molar-refractivity contribution >= 4 is 5.91 Å². The molecular formula is C19H21F2N2O+. The van der Waals surface area contributed by atoms with Crippen molar-refractivity contribution in [3.8, 4) is 0 Å². The number of aryl methyl sites for hydroxylation is 1. The number of nitrogens with zero attached hydrogens (tertiary/aromatic N) is 1. The lowest BCUT2D eigenvalue weighted by atomic mass is 10.1. The first kappa shape index (κ1) is 16.6. The van der Waals surface area contributed by atoms with Gasteiger partial charge in [0.05, 0.1) is 31.7 Å². The SMILES string of the molecule is Cc1cccc(C[NH+]2CCN(C(=O)c3ccc(F)cc3F)CC2)c1. The van der Waals surface area contributed by atoms with Crippen LogP contribution in [0.4, 0.5) is 8.78 Å². The molecule has 5 heteroatoms. The average Bonchev–Trinajstić information content (AvgIpc) is 2.55. The van der Waals surface area contributed by atoms with E-state index in [1.165, 1.54) is 22.1 Å². The van der Waals surface area contributed by atoms with Gasteiger partial charge in [-0.3, -0.25) is 4.79 Å². The summed E-state index contributed by atoms with van der Waals surface area (Å²) in [6.45, 7) is 5.81. The van der Waals surface area contributed by atoms with E-state index in [-0.39, 0.29) is 11.5 Å². The lowest BCUT2D eigenvalue weighted by Crippen LogP contribution is -3.13. The number of piperazine rings is 1. The number of hydrogen-bond acceptors (Lipinski definition) is 1. The zero-order chi connectivity index (χ0) is 17.1. The highest BCUT2D eigenvalue weighted by molar-refractivity contribution is 5.94. The molecule has 3 nitrogen and oxygen atoms in total. The van der Waals surface area contributed by atoms with E-state index in [2.05, 4.69) is 31.2 Å². The maximum atomic E-state index is 13.8. The smallest absolute Gasteiger partial charge is 0.257 e. The number of quaternary nitrogens is 1. The summed E-state index contributed by atoms with van der Waals surface area (Å²) in [5.74, 6) is -1.83. The lowest BCUT2D eigenvalue weighted by molar-refractivity contribution is -0.917. The molecule has 1 aliphatic rings. The number of carbonyl (C=O) groups is 1. The van der Waals surface area contributed by atoms with Crippen molar-refractivity contribution in [2.45, 2.75) is 13.5 Å². The van der Waals surface area contributed by atoms with Crippen LogP contribution in [0.15, 0.2) is 42.5 Å². The molecule has 1 saturated heterocycles. The van der Waals surface area contributed by atoms with E-state index in [1.807, 2.05) is 0 Å². The predicted molar refractivity (Wildman–Crippen MR) is 87.8 cm³/mol. The molecule has 1 aliphatic heterocycles. The van der Waals surface area contributed by atoms with Crippen LogP contribution in [-0.4, -0.2) is 37.0 Å². The van der Waals surface area contributed by atoms with Crippen molar-refractivity contribution in [2.24, 2.45) is 0 Å². The van der Waals surface area contributed by atoms with E-state index >= 15 is 0 Å². The van der Waals surface area contributed by atoms with Crippen molar-refractivity contribution in [1.82, 2.24) is 4.90 Å². The number of halogens is 2. The fourth-order valence-electron chi connectivity index (χ4n) is 3.15. The Morgan fingerprint density at radius 3 is 2.54 bits per heavy atom. The van der Waals surface area contributed by atoms with Crippen LogP contribution in [0.25, 0.3) is 0 Å². The number of rotatable bonds is 3. The molecule has 0 aromatic heterocycles. The van der Waals surface area contributed by atoms with Gasteiger partial charge in [-0.25, -0.2) is 8.78 Å². The highest BCUT2D eigenvalue weighted by atomic mass is 19.1. The molecule has 1 N–H and O–H groups in total. The Morgan fingerprint density at radius 2 is 1.88 bits per heavy atom. The minimum absolute atomic E-state index is 0.0569. The van der Waals surface area contributed by atoms with Crippen LogP contribution in [0.5, 0.6) is 0 Å². The third-order valence-corrected chi connectivity index (χ3v) is 4.46.